The summed E-state index contributed by atoms with van der Waals surface area (Å²) in [7, 11) is 0. The Bertz CT molecular complexity index is 251. The van der Waals surface area contributed by atoms with Crippen molar-refractivity contribution >= 4 is 11.8 Å². The molecule has 1 nitrogen and oxygen atoms in total. The van der Waals surface area contributed by atoms with Crippen molar-refractivity contribution in [3.05, 3.63) is 0 Å². The smallest absolute Gasteiger partial charge is 0.00684 e. The van der Waals surface area contributed by atoms with Gasteiger partial charge in [-0.05, 0) is 67.8 Å². The molecule has 3 aliphatic carbocycles. The van der Waals surface area contributed by atoms with Crippen LogP contribution in [-0.4, -0.2) is 24.6 Å². The van der Waals surface area contributed by atoms with Crippen LogP contribution in [0.1, 0.15) is 44.9 Å². The number of hydrogen-bond donors (Lipinski definition) is 1. The summed E-state index contributed by atoms with van der Waals surface area (Å²) >= 11 is 2.04. The molecule has 2 heteroatoms. The standard InChI is InChI=1S/C14H25NS/c1-16-7-6-14(10-15-13-4-5-13)9-11-2-3-12(14)8-11/h11-13,15H,2-10H2,1H3. The molecular formula is C14H25NS. The molecule has 0 radical (unpaired) electrons. The number of fused-ring (bicyclic) bond motifs is 2. The maximum atomic E-state index is 3.82. The maximum absolute atomic E-state index is 3.82. The van der Waals surface area contributed by atoms with E-state index in [2.05, 4.69) is 11.6 Å². The molecule has 92 valence electrons. The van der Waals surface area contributed by atoms with Crippen LogP contribution in [0, 0.1) is 17.3 Å². The SMILES string of the molecule is CSCCC1(CNC2CC2)CC2CCC1C2. The number of rotatable bonds is 6. The van der Waals surface area contributed by atoms with Gasteiger partial charge in [0, 0.05) is 12.6 Å². The second-order valence-electron chi connectivity index (χ2n) is 6.34. The van der Waals surface area contributed by atoms with E-state index < -0.39 is 0 Å². The third-order valence-corrected chi connectivity index (χ3v) is 5.84. The van der Waals surface area contributed by atoms with E-state index in [4.69, 9.17) is 0 Å². The van der Waals surface area contributed by atoms with E-state index in [-0.39, 0.29) is 0 Å². The molecule has 3 aliphatic rings. The fourth-order valence-electron chi connectivity index (χ4n) is 4.11. The van der Waals surface area contributed by atoms with Crippen molar-refractivity contribution in [3.8, 4) is 0 Å². The Morgan fingerprint density at radius 3 is 2.69 bits per heavy atom. The zero-order chi connectivity index (χ0) is 11.0. The van der Waals surface area contributed by atoms with Gasteiger partial charge < -0.3 is 5.32 Å². The number of nitrogens with one attached hydrogen (secondary N) is 1. The Labute approximate surface area is 104 Å². The van der Waals surface area contributed by atoms with E-state index in [1.807, 2.05) is 11.8 Å². The van der Waals surface area contributed by atoms with Gasteiger partial charge in [-0.25, -0.2) is 0 Å². The Hall–Kier alpha value is 0.310. The Balaban J connectivity index is 1.62. The van der Waals surface area contributed by atoms with E-state index >= 15 is 0 Å². The fourth-order valence-corrected chi connectivity index (χ4v) is 4.72. The van der Waals surface area contributed by atoms with Crippen LogP contribution in [0.15, 0.2) is 0 Å². The lowest BCUT2D eigenvalue weighted by atomic mass is 9.71. The topological polar surface area (TPSA) is 12.0 Å². The molecule has 16 heavy (non-hydrogen) atoms. The van der Waals surface area contributed by atoms with Crippen molar-refractivity contribution in [1.82, 2.24) is 5.32 Å². The van der Waals surface area contributed by atoms with Crippen LogP contribution in [-0.2, 0) is 0 Å². The lowest BCUT2D eigenvalue weighted by Crippen LogP contribution is -2.40. The Morgan fingerprint density at radius 1 is 1.25 bits per heavy atom. The van der Waals surface area contributed by atoms with Crippen molar-refractivity contribution in [2.75, 3.05) is 18.6 Å². The zero-order valence-corrected chi connectivity index (χ0v) is 11.3. The number of hydrogen-bond acceptors (Lipinski definition) is 2. The van der Waals surface area contributed by atoms with Gasteiger partial charge in [-0.3, -0.25) is 0 Å². The molecule has 0 aromatic heterocycles. The van der Waals surface area contributed by atoms with Gasteiger partial charge in [0.15, 0.2) is 0 Å². The Morgan fingerprint density at radius 2 is 2.12 bits per heavy atom. The van der Waals surface area contributed by atoms with Crippen LogP contribution in [0.3, 0.4) is 0 Å². The summed E-state index contributed by atoms with van der Waals surface area (Å²) in [6.07, 6.45) is 12.8. The summed E-state index contributed by atoms with van der Waals surface area (Å²) in [6, 6.07) is 0.894. The molecule has 0 spiro atoms. The van der Waals surface area contributed by atoms with Gasteiger partial charge in [0.2, 0.25) is 0 Å². The summed E-state index contributed by atoms with van der Waals surface area (Å²) in [6.45, 7) is 1.33. The quantitative estimate of drug-likeness (QED) is 0.763. The van der Waals surface area contributed by atoms with Crippen LogP contribution in [0.2, 0.25) is 0 Å². The first kappa shape index (κ1) is 11.4. The van der Waals surface area contributed by atoms with Crippen molar-refractivity contribution in [2.24, 2.45) is 17.3 Å². The summed E-state index contributed by atoms with van der Waals surface area (Å²) in [5.74, 6) is 3.53. The average molecular weight is 239 g/mol. The van der Waals surface area contributed by atoms with Crippen molar-refractivity contribution in [2.45, 2.75) is 51.0 Å². The van der Waals surface area contributed by atoms with E-state index in [0.29, 0.717) is 5.41 Å². The summed E-state index contributed by atoms with van der Waals surface area (Å²) in [5.41, 5.74) is 0.703. The number of thioether (sulfide) groups is 1. The third-order valence-electron chi connectivity index (χ3n) is 5.23. The molecule has 0 aromatic rings. The van der Waals surface area contributed by atoms with Crippen molar-refractivity contribution < 1.29 is 0 Å². The molecule has 3 atom stereocenters. The summed E-state index contributed by atoms with van der Waals surface area (Å²) in [4.78, 5) is 0. The van der Waals surface area contributed by atoms with Crippen LogP contribution < -0.4 is 5.32 Å². The van der Waals surface area contributed by atoms with E-state index in [9.17, 15) is 0 Å². The molecular weight excluding hydrogens is 214 g/mol. The normalized spacial score (nSPS) is 41.8. The van der Waals surface area contributed by atoms with Gasteiger partial charge >= 0.3 is 0 Å². The predicted molar refractivity (Wildman–Crippen MR) is 71.9 cm³/mol. The first-order chi connectivity index (χ1) is 7.82. The van der Waals surface area contributed by atoms with Gasteiger partial charge in [-0.15, -0.1) is 0 Å². The van der Waals surface area contributed by atoms with Gasteiger partial charge in [0.05, 0.1) is 0 Å². The van der Waals surface area contributed by atoms with Gasteiger partial charge in [-0.1, -0.05) is 6.42 Å². The van der Waals surface area contributed by atoms with E-state index in [1.54, 1.807) is 6.42 Å². The van der Waals surface area contributed by atoms with Crippen LogP contribution in [0.5, 0.6) is 0 Å². The molecule has 0 aliphatic heterocycles. The minimum Gasteiger partial charge on any atom is -0.313 e. The molecule has 3 rings (SSSR count). The molecule has 3 fully saturated rings. The summed E-state index contributed by atoms with van der Waals surface area (Å²) in [5, 5.41) is 3.82. The van der Waals surface area contributed by atoms with Crippen molar-refractivity contribution in [3.63, 3.8) is 0 Å². The van der Waals surface area contributed by atoms with Crippen molar-refractivity contribution in [1.29, 1.82) is 0 Å². The molecule has 3 saturated carbocycles. The minimum atomic E-state index is 0.703. The molecule has 1 N–H and O–H groups in total. The minimum absolute atomic E-state index is 0.703. The molecule has 0 aromatic carbocycles. The molecule has 0 amide bonds. The van der Waals surface area contributed by atoms with Gasteiger partial charge in [0.25, 0.3) is 0 Å². The largest absolute Gasteiger partial charge is 0.313 e. The summed E-state index contributed by atoms with van der Waals surface area (Å²) < 4.78 is 0. The first-order valence-corrected chi connectivity index (χ1v) is 8.44. The monoisotopic (exact) mass is 239 g/mol. The van der Waals surface area contributed by atoms with Crippen LogP contribution in [0.25, 0.3) is 0 Å². The van der Waals surface area contributed by atoms with Gasteiger partial charge in [0.1, 0.15) is 0 Å². The first-order valence-electron chi connectivity index (χ1n) is 7.05. The van der Waals surface area contributed by atoms with Crippen LogP contribution >= 0.6 is 11.8 Å². The molecule has 0 saturated heterocycles. The lowest BCUT2D eigenvalue weighted by molar-refractivity contribution is 0.151. The molecule has 3 unspecified atom stereocenters. The highest BCUT2D eigenvalue weighted by molar-refractivity contribution is 7.98. The highest BCUT2D eigenvalue weighted by Crippen LogP contribution is 2.57. The second kappa shape index (κ2) is 4.53. The fraction of sp³-hybridized carbons (Fsp3) is 1.00. The lowest BCUT2D eigenvalue weighted by Gasteiger charge is -2.38. The van der Waals surface area contributed by atoms with Crippen LogP contribution in [0.4, 0.5) is 0 Å². The zero-order valence-electron chi connectivity index (χ0n) is 10.5. The van der Waals surface area contributed by atoms with E-state index in [0.717, 1.165) is 17.9 Å². The highest BCUT2D eigenvalue weighted by atomic mass is 32.2. The van der Waals surface area contributed by atoms with E-state index in [1.165, 1.54) is 50.8 Å². The highest BCUT2D eigenvalue weighted by Gasteiger charge is 2.50. The molecule has 2 bridgehead atoms. The molecule has 0 heterocycles. The average Bonchev–Trinajstić information content (AvgIpc) is 2.93. The maximum Gasteiger partial charge on any atom is 0.00684 e. The Kier molecular flexibility index (Phi) is 3.23. The van der Waals surface area contributed by atoms with Gasteiger partial charge in [-0.2, -0.15) is 11.8 Å². The second-order valence-corrected chi connectivity index (χ2v) is 7.33. The third kappa shape index (κ3) is 2.15. The predicted octanol–water partition coefficient (Wildman–Crippen LogP) is 3.30.